The number of hydrogen-bond donors (Lipinski definition) is 1. The van der Waals surface area contributed by atoms with E-state index in [1.54, 1.807) is 25.6 Å². The summed E-state index contributed by atoms with van der Waals surface area (Å²) in [6.07, 6.45) is 0.726. The van der Waals surface area contributed by atoms with Crippen molar-refractivity contribution in [1.29, 1.82) is 0 Å². The van der Waals surface area contributed by atoms with Gasteiger partial charge < -0.3 is 9.84 Å². The molecule has 1 heterocycles. The van der Waals surface area contributed by atoms with E-state index >= 15 is 0 Å². The van der Waals surface area contributed by atoms with Gasteiger partial charge in [-0.1, -0.05) is 34.5 Å². The predicted molar refractivity (Wildman–Crippen MR) is 92.6 cm³/mol. The van der Waals surface area contributed by atoms with E-state index < -0.39 is 5.60 Å². The average Bonchev–Trinajstić information content (AvgIpc) is 2.73. The number of ether oxygens (including phenoxy) is 1. The number of aromatic nitrogens is 2. The fourth-order valence-electron chi connectivity index (χ4n) is 2.31. The van der Waals surface area contributed by atoms with Crippen molar-refractivity contribution >= 4 is 27.5 Å². The second kappa shape index (κ2) is 6.60. The largest absolute Gasteiger partial charge is 0.496 e. The van der Waals surface area contributed by atoms with Crippen LogP contribution >= 0.6 is 27.5 Å². The average molecular weight is 388 g/mol. The highest BCUT2D eigenvalue weighted by Gasteiger charge is 2.24. The van der Waals surface area contributed by atoms with Crippen molar-refractivity contribution in [3.05, 3.63) is 33.4 Å². The quantitative estimate of drug-likeness (QED) is 0.831. The van der Waals surface area contributed by atoms with Gasteiger partial charge in [0, 0.05) is 10.0 Å². The first-order valence-electron chi connectivity index (χ1n) is 7.08. The molecule has 2 aromatic rings. The van der Waals surface area contributed by atoms with Gasteiger partial charge in [-0.05, 0) is 38.5 Å². The lowest BCUT2D eigenvalue weighted by atomic mass is 10.1. The highest BCUT2D eigenvalue weighted by Crippen LogP contribution is 2.38. The van der Waals surface area contributed by atoms with Crippen LogP contribution in [0, 0.1) is 0 Å². The van der Waals surface area contributed by atoms with Crippen LogP contribution in [-0.2, 0) is 13.0 Å². The number of benzene rings is 1. The van der Waals surface area contributed by atoms with Gasteiger partial charge in [-0.2, -0.15) is 5.10 Å². The normalized spacial score (nSPS) is 11.8. The zero-order valence-corrected chi connectivity index (χ0v) is 15.5. The minimum atomic E-state index is -0.891. The van der Waals surface area contributed by atoms with Crippen LogP contribution in [0.15, 0.2) is 22.7 Å². The summed E-state index contributed by atoms with van der Waals surface area (Å²) in [7, 11) is 1.62. The Morgan fingerprint density at radius 2 is 2.09 bits per heavy atom. The van der Waals surface area contributed by atoms with Crippen LogP contribution in [0.2, 0.25) is 5.02 Å². The van der Waals surface area contributed by atoms with Gasteiger partial charge in [0.15, 0.2) is 0 Å². The Bertz CT molecular complexity index is 678. The third kappa shape index (κ3) is 3.65. The third-order valence-electron chi connectivity index (χ3n) is 3.25. The van der Waals surface area contributed by atoms with Gasteiger partial charge in [0.25, 0.3) is 0 Å². The van der Waals surface area contributed by atoms with Gasteiger partial charge in [0.05, 0.1) is 35.7 Å². The molecule has 0 fully saturated rings. The SMILES string of the molecule is CCc1nn(CC(C)(C)O)c(-c2ccc(Br)cc2OC)c1Cl. The number of aliphatic hydroxyl groups is 1. The maximum absolute atomic E-state index is 10.1. The van der Waals surface area contributed by atoms with Gasteiger partial charge in [-0.15, -0.1) is 0 Å². The van der Waals surface area contributed by atoms with Gasteiger partial charge in [0.2, 0.25) is 0 Å². The summed E-state index contributed by atoms with van der Waals surface area (Å²) in [6.45, 7) is 5.85. The molecular weight excluding hydrogens is 368 g/mol. The maximum atomic E-state index is 10.1. The van der Waals surface area contributed by atoms with E-state index in [2.05, 4.69) is 21.0 Å². The van der Waals surface area contributed by atoms with Crippen LogP contribution < -0.4 is 4.74 Å². The van der Waals surface area contributed by atoms with Crippen LogP contribution in [0.3, 0.4) is 0 Å². The molecule has 0 aliphatic carbocycles. The lowest BCUT2D eigenvalue weighted by molar-refractivity contribution is 0.0581. The number of aryl methyl sites for hydroxylation is 1. The lowest BCUT2D eigenvalue weighted by Crippen LogP contribution is -2.27. The van der Waals surface area contributed by atoms with Crippen LogP contribution in [0.25, 0.3) is 11.3 Å². The van der Waals surface area contributed by atoms with E-state index in [4.69, 9.17) is 16.3 Å². The molecular formula is C16H20BrClN2O2. The zero-order valence-electron chi connectivity index (χ0n) is 13.2. The highest BCUT2D eigenvalue weighted by atomic mass is 79.9. The Morgan fingerprint density at radius 1 is 1.41 bits per heavy atom. The first-order valence-corrected chi connectivity index (χ1v) is 8.25. The number of rotatable bonds is 5. The van der Waals surface area contributed by atoms with E-state index in [0.29, 0.717) is 17.3 Å². The maximum Gasteiger partial charge on any atom is 0.129 e. The first kappa shape index (κ1) is 17.3. The minimum Gasteiger partial charge on any atom is -0.496 e. The van der Waals surface area contributed by atoms with Gasteiger partial charge >= 0.3 is 0 Å². The molecule has 1 aromatic carbocycles. The molecule has 2 rings (SSSR count). The number of methoxy groups -OCH3 is 1. The van der Waals surface area contributed by atoms with Gasteiger partial charge in [-0.25, -0.2) is 0 Å². The molecule has 0 unspecified atom stereocenters. The van der Waals surface area contributed by atoms with Crippen molar-refractivity contribution < 1.29 is 9.84 Å². The van der Waals surface area contributed by atoms with Crippen molar-refractivity contribution in [3.63, 3.8) is 0 Å². The van der Waals surface area contributed by atoms with E-state index in [9.17, 15) is 5.11 Å². The van der Waals surface area contributed by atoms with E-state index in [1.165, 1.54) is 0 Å². The molecule has 0 radical (unpaired) electrons. The predicted octanol–water partition coefficient (Wildman–Crippen LogP) is 4.31. The fourth-order valence-corrected chi connectivity index (χ4v) is 3.03. The van der Waals surface area contributed by atoms with Crippen molar-refractivity contribution in [1.82, 2.24) is 9.78 Å². The van der Waals surface area contributed by atoms with Crippen LogP contribution in [0.5, 0.6) is 5.75 Å². The standard InChI is InChI=1S/C16H20BrClN2O2/c1-5-12-14(18)15(20(19-12)9-16(2,3)21)11-7-6-10(17)8-13(11)22-4/h6-8,21H,5,9H2,1-4H3. The van der Waals surface area contributed by atoms with Crippen LogP contribution in [0.4, 0.5) is 0 Å². The molecule has 120 valence electrons. The molecule has 1 N–H and O–H groups in total. The summed E-state index contributed by atoms with van der Waals surface area (Å²) in [6, 6.07) is 5.76. The summed E-state index contributed by atoms with van der Waals surface area (Å²) in [5, 5.41) is 15.3. The molecule has 4 nitrogen and oxygen atoms in total. The summed E-state index contributed by atoms with van der Waals surface area (Å²) in [5.41, 5.74) is 1.54. The molecule has 22 heavy (non-hydrogen) atoms. The smallest absolute Gasteiger partial charge is 0.129 e. The summed E-state index contributed by atoms with van der Waals surface area (Å²) in [4.78, 5) is 0. The minimum absolute atomic E-state index is 0.348. The second-order valence-electron chi connectivity index (χ2n) is 5.78. The van der Waals surface area contributed by atoms with E-state index in [-0.39, 0.29) is 0 Å². The molecule has 0 aliphatic rings. The molecule has 0 amide bonds. The zero-order chi connectivity index (χ0) is 16.5. The number of halogens is 2. The Balaban J connectivity index is 2.65. The van der Waals surface area contributed by atoms with Crippen LogP contribution in [-0.4, -0.2) is 27.6 Å². The Kier molecular flexibility index (Phi) is 5.20. The van der Waals surface area contributed by atoms with Crippen LogP contribution in [0.1, 0.15) is 26.5 Å². The summed E-state index contributed by atoms with van der Waals surface area (Å²) in [5.74, 6) is 0.704. The molecule has 0 aliphatic heterocycles. The summed E-state index contributed by atoms with van der Waals surface area (Å²) >= 11 is 9.97. The van der Waals surface area contributed by atoms with Crippen molar-refractivity contribution in [2.75, 3.05) is 7.11 Å². The van der Waals surface area contributed by atoms with E-state index in [1.807, 2.05) is 25.1 Å². The highest BCUT2D eigenvalue weighted by molar-refractivity contribution is 9.10. The van der Waals surface area contributed by atoms with Crippen molar-refractivity contribution in [2.24, 2.45) is 0 Å². The Hall–Kier alpha value is -1.04. The van der Waals surface area contributed by atoms with Crippen molar-refractivity contribution in [3.8, 4) is 17.0 Å². The molecule has 0 saturated carbocycles. The van der Waals surface area contributed by atoms with Crippen molar-refractivity contribution in [2.45, 2.75) is 39.3 Å². The van der Waals surface area contributed by atoms with Gasteiger partial charge in [-0.3, -0.25) is 4.68 Å². The monoisotopic (exact) mass is 386 g/mol. The van der Waals surface area contributed by atoms with Gasteiger partial charge in [0.1, 0.15) is 5.75 Å². The molecule has 0 bridgehead atoms. The number of nitrogens with zero attached hydrogens (tertiary/aromatic N) is 2. The first-order chi connectivity index (χ1) is 10.3. The second-order valence-corrected chi connectivity index (χ2v) is 7.07. The molecule has 1 aromatic heterocycles. The van der Waals surface area contributed by atoms with E-state index in [0.717, 1.165) is 27.8 Å². The Labute approximate surface area is 144 Å². The third-order valence-corrected chi connectivity index (χ3v) is 4.14. The number of hydrogen-bond acceptors (Lipinski definition) is 3. The fraction of sp³-hybridized carbons (Fsp3) is 0.438. The lowest BCUT2D eigenvalue weighted by Gasteiger charge is -2.19. The molecule has 0 spiro atoms. The molecule has 0 atom stereocenters. The topological polar surface area (TPSA) is 47.3 Å². The Morgan fingerprint density at radius 3 is 2.64 bits per heavy atom. The molecule has 6 heteroatoms. The molecule has 0 saturated heterocycles. The summed E-state index contributed by atoms with van der Waals surface area (Å²) < 4.78 is 8.15.